The van der Waals surface area contributed by atoms with Gasteiger partial charge in [-0.3, -0.25) is 4.79 Å². The summed E-state index contributed by atoms with van der Waals surface area (Å²) >= 11 is 3.27. The Morgan fingerprint density at radius 3 is 2.94 bits per heavy atom. The topological polar surface area (TPSA) is 118 Å². The van der Waals surface area contributed by atoms with Crippen LogP contribution in [0.1, 0.15) is 24.6 Å². The zero-order valence-electron chi connectivity index (χ0n) is 16.8. The molecule has 4 rings (SSSR count). The van der Waals surface area contributed by atoms with Crippen LogP contribution < -0.4 is 9.46 Å². The van der Waals surface area contributed by atoms with Gasteiger partial charge in [-0.2, -0.15) is 5.10 Å². The molecule has 2 N–H and O–H groups in total. The van der Waals surface area contributed by atoms with Crippen molar-refractivity contribution in [2.45, 2.75) is 31.6 Å². The van der Waals surface area contributed by atoms with Gasteiger partial charge in [0.05, 0.1) is 23.2 Å². The number of hydrogen-bond acceptors (Lipinski definition) is 6. The van der Waals surface area contributed by atoms with E-state index in [-0.39, 0.29) is 22.7 Å². The average Bonchev–Trinajstić information content (AvgIpc) is 3.25. The fourth-order valence-corrected chi connectivity index (χ4v) is 4.93. The van der Waals surface area contributed by atoms with Gasteiger partial charge >= 0.3 is 0 Å². The van der Waals surface area contributed by atoms with Gasteiger partial charge in [0.2, 0.25) is 5.91 Å². The molecule has 4 aromatic rings. The van der Waals surface area contributed by atoms with Crippen molar-refractivity contribution in [1.82, 2.24) is 24.3 Å². The van der Waals surface area contributed by atoms with Gasteiger partial charge in [0.1, 0.15) is 5.75 Å². The molecule has 11 heteroatoms. The third-order valence-corrected chi connectivity index (χ3v) is 6.56. The number of carbonyl (C=O) groups is 1. The minimum Gasteiger partial charge on any atom is -0.494 e. The Labute approximate surface area is 187 Å². The summed E-state index contributed by atoms with van der Waals surface area (Å²) in [7, 11) is -4.16. The van der Waals surface area contributed by atoms with Gasteiger partial charge in [0.15, 0.2) is 10.5 Å². The molecule has 0 saturated heterocycles. The first-order valence-electron chi connectivity index (χ1n) is 9.57. The first-order valence-corrected chi connectivity index (χ1v) is 11.8. The molecule has 0 atom stereocenters. The fraction of sp³-hybridized carbons (Fsp3) is 0.250. The van der Waals surface area contributed by atoms with E-state index in [1.165, 1.54) is 10.7 Å². The number of nitrogens with zero attached hydrogens (tertiary/aromatic N) is 3. The number of aromatic amines is 1. The Morgan fingerprint density at radius 2 is 2.16 bits per heavy atom. The lowest BCUT2D eigenvalue weighted by molar-refractivity contribution is -0.118. The van der Waals surface area contributed by atoms with Crippen molar-refractivity contribution in [3.63, 3.8) is 0 Å². The summed E-state index contributed by atoms with van der Waals surface area (Å²) in [4.78, 5) is 19.7. The second-order valence-corrected chi connectivity index (χ2v) is 9.57. The lowest BCUT2D eigenvalue weighted by atomic mass is 10.1. The molecule has 0 spiro atoms. The number of aryl methyl sites for hydroxylation is 1. The number of amides is 1. The van der Waals surface area contributed by atoms with Crippen molar-refractivity contribution in [3.8, 4) is 5.75 Å². The van der Waals surface area contributed by atoms with Crippen LogP contribution in [0, 0.1) is 6.92 Å². The minimum atomic E-state index is -4.16. The second-order valence-electron chi connectivity index (χ2n) is 7.03. The van der Waals surface area contributed by atoms with E-state index in [1.807, 2.05) is 25.1 Å². The van der Waals surface area contributed by atoms with Crippen molar-refractivity contribution in [1.29, 1.82) is 0 Å². The quantitative estimate of drug-likeness (QED) is 0.398. The Balaban J connectivity index is 1.58. The van der Waals surface area contributed by atoms with Gasteiger partial charge in [0, 0.05) is 29.5 Å². The molecule has 31 heavy (non-hydrogen) atoms. The van der Waals surface area contributed by atoms with E-state index in [2.05, 4.69) is 35.7 Å². The zero-order valence-corrected chi connectivity index (χ0v) is 19.2. The number of fused-ring (bicyclic) bond motifs is 2. The van der Waals surface area contributed by atoms with Crippen molar-refractivity contribution in [2.75, 3.05) is 6.61 Å². The van der Waals surface area contributed by atoms with E-state index < -0.39 is 15.9 Å². The Morgan fingerprint density at radius 1 is 1.35 bits per heavy atom. The lowest BCUT2D eigenvalue weighted by Crippen LogP contribution is -2.32. The molecule has 3 heterocycles. The fourth-order valence-electron chi connectivity index (χ4n) is 3.34. The first-order chi connectivity index (χ1) is 14.8. The van der Waals surface area contributed by atoms with E-state index in [9.17, 15) is 13.2 Å². The Kier molecular flexibility index (Phi) is 5.71. The average molecular weight is 506 g/mol. The van der Waals surface area contributed by atoms with E-state index in [4.69, 9.17) is 4.74 Å². The second kappa shape index (κ2) is 8.31. The summed E-state index contributed by atoms with van der Waals surface area (Å²) in [5.41, 5.74) is 1.90. The molecule has 3 aromatic heterocycles. The van der Waals surface area contributed by atoms with Gasteiger partial charge in [-0.1, -0.05) is 6.92 Å². The predicted octanol–water partition coefficient (Wildman–Crippen LogP) is 3.12. The molecule has 0 aliphatic carbocycles. The van der Waals surface area contributed by atoms with E-state index >= 15 is 0 Å². The SMILES string of the molecule is CCCOc1ccc2[nH]cc(CC(=O)NS(=O)(=O)c3c(C)nn4cc(Br)cnc34)c2c1. The molecule has 0 aliphatic rings. The third-order valence-electron chi connectivity index (χ3n) is 4.64. The number of rotatable bonds is 7. The largest absolute Gasteiger partial charge is 0.494 e. The Hall–Kier alpha value is -2.92. The van der Waals surface area contributed by atoms with Crippen LogP contribution in [-0.4, -0.2) is 40.5 Å². The lowest BCUT2D eigenvalue weighted by Gasteiger charge is -2.07. The minimum absolute atomic E-state index is 0.117. The van der Waals surface area contributed by atoms with Crippen molar-refractivity contribution in [2.24, 2.45) is 0 Å². The molecule has 1 aromatic carbocycles. The molecule has 0 unspecified atom stereocenters. The third kappa shape index (κ3) is 4.28. The normalized spacial score (nSPS) is 11.8. The van der Waals surface area contributed by atoms with Crippen LogP contribution in [0.15, 0.2) is 46.2 Å². The number of aromatic nitrogens is 4. The van der Waals surface area contributed by atoms with Crippen molar-refractivity contribution >= 4 is 48.4 Å². The van der Waals surface area contributed by atoms with Crippen molar-refractivity contribution < 1.29 is 17.9 Å². The van der Waals surface area contributed by atoms with E-state index in [0.717, 1.165) is 17.3 Å². The van der Waals surface area contributed by atoms with Crippen LogP contribution in [0.2, 0.25) is 0 Å². The summed E-state index contributed by atoms with van der Waals surface area (Å²) in [6.45, 7) is 4.16. The summed E-state index contributed by atoms with van der Waals surface area (Å²) in [6, 6.07) is 5.56. The molecule has 1 amide bonds. The van der Waals surface area contributed by atoms with E-state index in [1.54, 1.807) is 19.3 Å². The molecular weight excluding hydrogens is 486 g/mol. The molecule has 9 nitrogen and oxygen atoms in total. The molecule has 0 fully saturated rings. The monoisotopic (exact) mass is 505 g/mol. The molecule has 0 bridgehead atoms. The van der Waals surface area contributed by atoms with Crippen LogP contribution in [0.4, 0.5) is 0 Å². The number of H-pyrrole nitrogens is 1. The van der Waals surface area contributed by atoms with Gasteiger partial charge in [-0.15, -0.1) is 0 Å². The van der Waals surface area contributed by atoms with Crippen LogP contribution in [0.25, 0.3) is 16.6 Å². The standard InChI is InChI=1S/C20H20BrN5O4S/c1-3-6-30-15-4-5-17-16(8-15)13(9-22-17)7-18(27)25-31(28,29)19-12(2)24-26-11-14(21)10-23-20(19)26/h4-5,8-11,22H,3,6-7H2,1-2H3,(H,25,27). The molecular formula is C20H20BrN5O4S. The maximum atomic E-state index is 12.9. The highest BCUT2D eigenvalue weighted by molar-refractivity contribution is 9.10. The summed E-state index contributed by atoms with van der Waals surface area (Å²) in [5, 5.41) is 4.98. The number of sulfonamides is 1. The molecule has 162 valence electrons. The number of hydrogen-bond donors (Lipinski definition) is 2. The Bertz CT molecular complexity index is 1390. The highest BCUT2D eigenvalue weighted by Crippen LogP contribution is 2.25. The van der Waals surface area contributed by atoms with Gasteiger partial charge < -0.3 is 9.72 Å². The first kappa shape index (κ1) is 21.3. The zero-order chi connectivity index (χ0) is 22.2. The molecule has 0 saturated carbocycles. The maximum Gasteiger partial charge on any atom is 0.269 e. The van der Waals surface area contributed by atoms with Crippen LogP contribution >= 0.6 is 15.9 Å². The van der Waals surface area contributed by atoms with Crippen LogP contribution in [-0.2, 0) is 21.2 Å². The van der Waals surface area contributed by atoms with Gasteiger partial charge in [0.25, 0.3) is 10.0 Å². The molecule has 0 radical (unpaired) electrons. The van der Waals surface area contributed by atoms with E-state index in [0.29, 0.717) is 22.4 Å². The number of halogens is 1. The number of ether oxygens (including phenoxy) is 1. The number of carbonyl (C=O) groups excluding carboxylic acids is 1. The number of benzene rings is 1. The summed E-state index contributed by atoms with van der Waals surface area (Å²) < 4.78 is 35.6. The summed E-state index contributed by atoms with van der Waals surface area (Å²) in [5.74, 6) is 0.0408. The predicted molar refractivity (Wildman–Crippen MR) is 119 cm³/mol. The highest BCUT2D eigenvalue weighted by Gasteiger charge is 2.27. The molecule has 0 aliphatic heterocycles. The smallest absolute Gasteiger partial charge is 0.269 e. The van der Waals surface area contributed by atoms with Gasteiger partial charge in [-0.05, 0) is 53.0 Å². The summed E-state index contributed by atoms with van der Waals surface area (Å²) in [6.07, 6.45) is 5.53. The number of nitrogens with one attached hydrogen (secondary N) is 2. The highest BCUT2D eigenvalue weighted by atomic mass is 79.9. The van der Waals surface area contributed by atoms with Crippen LogP contribution in [0.3, 0.4) is 0 Å². The van der Waals surface area contributed by atoms with Crippen LogP contribution in [0.5, 0.6) is 5.75 Å². The van der Waals surface area contributed by atoms with Gasteiger partial charge in [-0.25, -0.2) is 22.6 Å². The maximum absolute atomic E-state index is 12.9. The van der Waals surface area contributed by atoms with Crippen molar-refractivity contribution in [3.05, 3.63) is 52.5 Å².